The molecule has 2 aromatic rings. The lowest BCUT2D eigenvalue weighted by molar-refractivity contribution is 0.0787. The zero-order valence-electron chi connectivity index (χ0n) is 12.3. The Hall–Kier alpha value is -2.69. The fourth-order valence-corrected chi connectivity index (χ4v) is 2.47. The average Bonchev–Trinajstić information content (AvgIpc) is 3.09. The first-order valence-electron chi connectivity index (χ1n) is 7.38. The monoisotopic (exact) mass is 294 g/mol. The minimum absolute atomic E-state index is 0.0340. The van der Waals surface area contributed by atoms with Crippen molar-refractivity contribution in [1.29, 1.82) is 0 Å². The number of anilines is 1. The second-order valence-electron chi connectivity index (χ2n) is 5.23. The van der Waals surface area contributed by atoms with E-state index < -0.39 is 0 Å². The van der Waals surface area contributed by atoms with E-state index in [-0.39, 0.29) is 5.91 Å². The number of aromatic nitrogens is 2. The number of nitrogens with zero attached hydrogens (tertiary/aromatic N) is 3. The van der Waals surface area contributed by atoms with Gasteiger partial charge < -0.3 is 10.2 Å². The van der Waals surface area contributed by atoms with Gasteiger partial charge in [-0.2, -0.15) is 0 Å². The van der Waals surface area contributed by atoms with Gasteiger partial charge in [0.15, 0.2) is 0 Å². The number of nitrogens with one attached hydrogen (secondary N) is 1. The van der Waals surface area contributed by atoms with Crippen LogP contribution in [0.15, 0.2) is 49.2 Å². The largest absolute Gasteiger partial charge is 0.337 e. The zero-order valence-corrected chi connectivity index (χ0v) is 12.3. The van der Waals surface area contributed by atoms with E-state index in [1.54, 1.807) is 12.3 Å². The summed E-state index contributed by atoms with van der Waals surface area (Å²) >= 11 is 0. The van der Waals surface area contributed by atoms with Crippen molar-refractivity contribution in [2.75, 3.05) is 18.4 Å². The molecular formula is C17H18N4O. The Kier molecular flexibility index (Phi) is 4.14. The van der Waals surface area contributed by atoms with E-state index in [0.29, 0.717) is 17.3 Å². The first-order valence-corrected chi connectivity index (χ1v) is 7.38. The van der Waals surface area contributed by atoms with E-state index in [4.69, 9.17) is 0 Å². The molecule has 1 saturated heterocycles. The van der Waals surface area contributed by atoms with Crippen molar-refractivity contribution >= 4 is 17.6 Å². The predicted octanol–water partition coefficient (Wildman–Crippen LogP) is 2.80. The second kappa shape index (κ2) is 6.39. The Morgan fingerprint density at radius 3 is 2.59 bits per heavy atom. The molecule has 0 atom stereocenters. The highest BCUT2D eigenvalue weighted by atomic mass is 16.2. The summed E-state index contributed by atoms with van der Waals surface area (Å²) in [5.41, 5.74) is 2.08. The van der Waals surface area contributed by atoms with Crippen LogP contribution in [0.4, 0.5) is 5.95 Å². The molecule has 0 spiro atoms. The number of benzene rings is 1. The van der Waals surface area contributed by atoms with Gasteiger partial charge in [0, 0.05) is 25.0 Å². The minimum Gasteiger partial charge on any atom is -0.337 e. The molecule has 0 saturated carbocycles. The van der Waals surface area contributed by atoms with Gasteiger partial charge in [0.2, 0.25) is 5.95 Å². The lowest BCUT2D eigenvalue weighted by Crippen LogP contribution is -2.28. The molecule has 3 rings (SSSR count). The maximum Gasteiger partial charge on any atom is 0.272 e. The number of amides is 1. The van der Waals surface area contributed by atoms with Crippen molar-refractivity contribution in [1.82, 2.24) is 14.9 Å². The molecule has 1 amide bonds. The van der Waals surface area contributed by atoms with Crippen LogP contribution >= 0.6 is 0 Å². The van der Waals surface area contributed by atoms with Gasteiger partial charge in [-0.15, -0.1) is 0 Å². The number of hydrogen-bond donors (Lipinski definition) is 1. The molecule has 1 fully saturated rings. The molecule has 0 radical (unpaired) electrons. The highest BCUT2D eigenvalue weighted by Gasteiger charge is 2.20. The Morgan fingerprint density at radius 2 is 1.86 bits per heavy atom. The summed E-state index contributed by atoms with van der Waals surface area (Å²) < 4.78 is 0. The van der Waals surface area contributed by atoms with Crippen LogP contribution in [-0.2, 0) is 0 Å². The van der Waals surface area contributed by atoms with Gasteiger partial charge in [0.25, 0.3) is 5.91 Å². The van der Waals surface area contributed by atoms with Crippen LogP contribution in [0.2, 0.25) is 0 Å². The standard InChI is InChI=1S/C17H18N4O/c1-13(14-7-3-2-4-8-14)19-17-18-10-9-15(20-17)16(22)21-11-5-6-12-21/h2-4,7-10H,1,5-6,11-12H2,(H,18,19,20). The van der Waals surface area contributed by atoms with Gasteiger partial charge >= 0.3 is 0 Å². The normalized spacial score (nSPS) is 13.9. The highest BCUT2D eigenvalue weighted by molar-refractivity contribution is 5.92. The van der Waals surface area contributed by atoms with Crippen molar-refractivity contribution < 1.29 is 4.79 Å². The number of carbonyl (C=O) groups excluding carboxylic acids is 1. The molecule has 2 heterocycles. The van der Waals surface area contributed by atoms with Crippen LogP contribution in [0, 0.1) is 0 Å². The van der Waals surface area contributed by atoms with Gasteiger partial charge in [-0.25, -0.2) is 9.97 Å². The average molecular weight is 294 g/mol. The highest BCUT2D eigenvalue weighted by Crippen LogP contribution is 2.15. The smallest absolute Gasteiger partial charge is 0.272 e. The molecule has 22 heavy (non-hydrogen) atoms. The summed E-state index contributed by atoms with van der Waals surface area (Å²) in [6, 6.07) is 11.4. The van der Waals surface area contributed by atoms with E-state index in [9.17, 15) is 4.79 Å². The molecule has 112 valence electrons. The first kappa shape index (κ1) is 14.3. The fourth-order valence-electron chi connectivity index (χ4n) is 2.47. The molecule has 0 unspecified atom stereocenters. The molecule has 1 aliphatic heterocycles. The molecule has 1 aromatic heterocycles. The van der Waals surface area contributed by atoms with Gasteiger partial charge in [-0.05, 0) is 24.5 Å². The molecule has 5 heteroatoms. The van der Waals surface area contributed by atoms with E-state index in [0.717, 1.165) is 31.5 Å². The van der Waals surface area contributed by atoms with Gasteiger partial charge in [-0.3, -0.25) is 4.79 Å². The van der Waals surface area contributed by atoms with Crippen LogP contribution in [0.25, 0.3) is 5.70 Å². The molecule has 0 aliphatic carbocycles. The van der Waals surface area contributed by atoms with Crippen LogP contribution in [0.5, 0.6) is 0 Å². The maximum absolute atomic E-state index is 12.3. The van der Waals surface area contributed by atoms with Crippen molar-refractivity contribution in [3.05, 3.63) is 60.4 Å². The van der Waals surface area contributed by atoms with E-state index in [2.05, 4.69) is 21.9 Å². The van der Waals surface area contributed by atoms with Crippen LogP contribution in [0.1, 0.15) is 28.9 Å². The van der Waals surface area contributed by atoms with Gasteiger partial charge in [-0.1, -0.05) is 36.9 Å². The Bertz CT molecular complexity index is 678. The lowest BCUT2D eigenvalue weighted by atomic mass is 10.2. The number of likely N-dealkylation sites (tertiary alicyclic amines) is 1. The summed E-state index contributed by atoms with van der Waals surface area (Å²) in [7, 11) is 0. The molecule has 1 aromatic carbocycles. The van der Waals surface area contributed by atoms with Crippen molar-refractivity contribution in [2.45, 2.75) is 12.8 Å². The van der Waals surface area contributed by atoms with Crippen molar-refractivity contribution in [3.8, 4) is 0 Å². The van der Waals surface area contributed by atoms with E-state index in [1.807, 2.05) is 35.2 Å². The van der Waals surface area contributed by atoms with Crippen LogP contribution < -0.4 is 5.32 Å². The topological polar surface area (TPSA) is 58.1 Å². The summed E-state index contributed by atoms with van der Waals surface area (Å²) in [4.78, 5) is 22.6. The zero-order chi connectivity index (χ0) is 15.4. The molecule has 1 N–H and O–H groups in total. The third-order valence-electron chi connectivity index (χ3n) is 3.65. The van der Waals surface area contributed by atoms with Crippen LogP contribution in [0.3, 0.4) is 0 Å². The molecule has 5 nitrogen and oxygen atoms in total. The van der Waals surface area contributed by atoms with Gasteiger partial charge in [0.1, 0.15) is 5.69 Å². The summed E-state index contributed by atoms with van der Waals surface area (Å²) in [6.45, 7) is 5.60. The Labute approximate surface area is 129 Å². The van der Waals surface area contributed by atoms with Crippen molar-refractivity contribution in [2.24, 2.45) is 0 Å². The lowest BCUT2D eigenvalue weighted by Gasteiger charge is -2.15. The molecule has 0 bridgehead atoms. The maximum atomic E-state index is 12.3. The van der Waals surface area contributed by atoms with Crippen molar-refractivity contribution in [3.63, 3.8) is 0 Å². The third-order valence-corrected chi connectivity index (χ3v) is 3.65. The minimum atomic E-state index is -0.0340. The van der Waals surface area contributed by atoms with E-state index >= 15 is 0 Å². The number of hydrogen-bond acceptors (Lipinski definition) is 4. The SMILES string of the molecule is C=C(Nc1nccc(C(=O)N2CCCC2)n1)c1ccccc1. The third kappa shape index (κ3) is 3.14. The van der Waals surface area contributed by atoms with E-state index in [1.165, 1.54) is 0 Å². The summed E-state index contributed by atoms with van der Waals surface area (Å²) in [5.74, 6) is 0.354. The fraction of sp³-hybridized carbons (Fsp3) is 0.235. The predicted molar refractivity (Wildman–Crippen MR) is 86.3 cm³/mol. The number of carbonyl (C=O) groups is 1. The molecule has 1 aliphatic rings. The second-order valence-corrected chi connectivity index (χ2v) is 5.23. The first-order chi connectivity index (χ1) is 10.7. The number of rotatable bonds is 4. The quantitative estimate of drug-likeness (QED) is 0.942. The molecular weight excluding hydrogens is 276 g/mol. The Morgan fingerprint density at radius 1 is 1.14 bits per heavy atom. The van der Waals surface area contributed by atoms with Gasteiger partial charge in [0.05, 0.1) is 0 Å². The van der Waals surface area contributed by atoms with Crippen LogP contribution in [-0.4, -0.2) is 33.9 Å². The Balaban J connectivity index is 1.74. The summed E-state index contributed by atoms with van der Waals surface area (Å²) in [6.07, 6.45) is 3.72. The summed E-state index contributed by atoms with van der Waals surface area (Å²) in [5, 5.41) is 3.06.